The average Bonchev–Trinajstić information content (AvgIpc) is 3.04. The van der Waals surface area contributed by atoms with Crippen LogP contribution >= 0.6 is 39.1 Å². The summed E-state index contributed by atoms with van der Waals surface area (Å²) in [6.07, 6.45) is 0.170. The van der Waals surface area contributed by atoms with Crippen LogP contribution in [0.15, 0.2) is 106 Å². The van der Waals surface area contributed by atoms with Gasteiger partial charge in [0.2, 0.25) is 11.8 Å². The van der Waals surface area contributed by atoms with E-state index in [-0.39, 0.29) is 23.5 Å². The molecule has 1 N–H and O–H groups in total. The fourth-order valence-electron chi connectivity index (χ4n) is 4.84. The Labute approximate surface area is 288 Å². The van der Waals surface area contributed by atoms with Crippen LogP contribution in [-0.4, -0.2) is 50.9 Å². The minimum Gasteiger partial charge on any atom is -0.494 e. The Morgan fingerprint density at radius 1 is 0.870 bits per heavy atom. The van der Waals surface area contributed by atoms with E-state index in [4.69, 9.17) is 27.9 Å². The minimum absolute atomic E-state index is 0.0114. The van der Waals surface area contributed by atoms with Gasteiger partial charge in [-0.05, 0) is 80.1 Å². The number of hydrogen-bond acceptors (Lipinski definition) is 5. The van der Waals surface area contributed by atoms with Crippen LogP contribution in [0.5, 0.6) is 5.75 Å². The molecule has 0 radical (unpaired) electrons. The number of benzene rings is 4. The molecule has 0 aliphatic rings. The van der Waals surface area contributed by atoms with E-state index < -0.39 is 34.4 Å². The quantitative estimate of drug-likeness (QED) is 0.148. The number of anilines is 1. The van der Waals surface area contributed by atoms with Crippen LogP contribution in [0.1, 0.15) is 25.0 Å². The Bertz CT molecular complexity index is 1720. The number of rotatable bonds is 14. The van der Waals surface area contributed by atoms with Crippen molar-refractivity contribution in [1.82, 2.24) is 10.2 Å². The van der Waals surface area contributed by atoms with Crippen LogP contribution in [0.25, 0.3) is 0 Å². The summed E-state index contributed by atoms with van der Waals surface area (Å²) in [5.41, 5.74) is 1.49. The highest BCUT2D eigenvalue weighted by molar-refractivity contribution is 9.10. The van der Waals surface area contributed by atoms with Gasteiger partial charge in [0.1, 0.15) is 18.3 Å². The van der Waals surface area contributed by atoms with Gasteiger partial charge >= 0.3 is 0 Å². The number of amides is 2. The van der Waals surface area contributed by atoms with Crippen molar-refractivity contribution in [2.24, 2.45) is 0 Å². The van der Waals surface area contributed by atoms with E-state index in [2.05, 4.69) is 21.2 Å². The normalized spacial score (nSPS) is 11.8. The molecular formula is C34H34BrCl2N3O5S. The molecule has 0 fully saturated rings. The van der Waals surface area contributed by atoms with Crippen molar-refractivity contribution in [2.45, 2.75) is 37.8 Å². The van der Waals surface area contributed by atoms with E-state index in [0.717, 1.165) is 9.87 Å². The number of nitrogens with zero attached hydrogens (tertiary/aromatic N) is 2. The highest BCUT2D eigenvalue weighted by atomic mass is 79.9. The Morgan fingerprint density at radius 3 is 2.09 bits per heavy atom. The second-order valence-electron chi connectivity index (χ2n) is 10.2. The van der Waals surface area contributed by atoms with E-state index in [1.54, 1.807) is 61.5 Å². The third kappa shape index (κ3) is 8.82. The second kappa shape index (κ2) is 16.3. The van der Waals surface area contributed by atoms with Crippen molar-refractivity contribution >= 4 is 66.7 Å². The van der Waals surface area contributed by atoms with Gasteiger partial charge in [-0.1, -0.05) is 75.5 Å². The number of hydrogen-bond donors (Lipinski definition) is 1. The van der Waals surface area contributed by atoms with Crippen molar-refractivity contribution in [2.75, 3.05) is 24.0 Å². The Balaban J connectivity index is 1.82. The number of carbonyl (C=O) groups excluding carboxylic acids is 2. The highest BCUT2D eigenvalue weighted by Crippen LogP contribution is 2.30. The van der Waals surface area contributed by atoms with Crippen LogP contribution in [0, 0.1) is 0 Å². The SMILES string of the molecule is CCNC(=O)[C@@H](Cc1ccccc1)N(Cc1c(Cl)cccc1Cl)C(=O)CN(c1ccc(OCC)cc1)S(=O)(=O)c1ccc(Br)cc1. The first-order chi connectivity index (χ1) is 22.0. The lowest BCUT2D eigenvalue weighted by Gasteiger charge is -2.34. The van der Waals surface area contributed by atoms with Crippen LogP contribution < -0.4 is 14.4 Å². The molecule has 0 aliphatic heterocycles. The molecule has 12 heteroatoms. The van der Waals surface area contributed by atoms with Gasteiger partial charge in [0.05, 0.1) is 17.2 Å². The zero-order chi connectivity index (χ0) is 33.3. The summed E-state index contributed by atoms with van der Waals surface area (Å²) in [4.78, 5) is 29.5. The van der Waals surface area contributed by atoms with Crippen LogP contribution in [-0.2, 0) is 32.6 Å². The lowest BCUT2D eigenvalue weighted by molar-refractivity contribution is -0.140. The standard InChI is InChI=1S/C34H34BrCl2N3O5S/c1-3-38-34(42)32(21-24-9-6-5-7-10-24)39(22-29-30(36)11-8-12-31(29)37)33(41)23-40(26-15-17-27(18-16-26)45-4-2)46(43,44)28-19-13-25(35)14-20-28/h5-20,32H,3-4,21-23H2,1-2H3,(H,38,42)/t32-/m1/s1. The van der Waals surface area contributed by atoms with Crippen LogP contribution in [0.4, 0.5) is 5.69 Å². The lowest BCUT2D eigenvalue weighted by Crippen LogP contribution is -2.53. The molecule has 0 saturated heterocycles. The maximum atomic E-state index is 14.5. The van der Waals surface area contributed by atoms with Gasteiger partial charge in [0.25, 0.3) is 10.0 Å². The molecule has 242 valence electrons. The molecular weight excluding hydrogens is 713 g/mol. The molecule has 0 spiro atoms. The van der Waals surface area contributed by atoms with Gasteiger partial charge < -0.3 is 15.0 Å². The maximum absolute atomic E-state index is 14.5. The Kier molecular flexibility index (Phi) is 12.5. The molecule has 4 rings (SSSR count). The average molecular weight is 748 g/mol. The molecule has 0 saturated carbocycles. The number of nitrogens with one attached hydrogen (secondary N) is 1. The van der Waals surface area contributed by atoms with E-state index >= 15 is 0 Å². The molecule has 4 aromatic rings. The third-order valence-corrected chi connectivity index (χ3v) is 10.2. The molecule has 8 nitrogen and oxygen atoms in total. The smallest absolute Gasteiger partial charge is 0.264 e. The molecule has 4 aromatic carbocycles. The second-order valence-corrected chi connectivity index (χ2v) is 13.8. The summed E-state index contributed by atoms with van der Waals surface area (Å²) >= 11 is 16.4. The monoisotopic (exact) mass is 745 g/mol. The van der Waals surface area contributed by atoms with Crippen LogP contribution in [0.2, 0.25) is 10.0 Å². The minimum atomic E-state index is -4.26. The molecule has 0 heterocycles. The predicted octanol–water partition coefficient (Wildman–Crippen LogP) is 7.13. The number of halogens is 3. The van der Waals surface area contributed by atoms with Gasteiger partial charge in [-0.25, -0.2) is 8.42 Å². The topological polar surface area (TPSA) is 96.0 Å². The van der Waals surface area contributed by atoms with Gasteiger partial charge in [-0.2, -0.15) is 0 Å². The van der Waals surface area contributed by atoms with Crippen molar-refractivity contribution < 1.29 is 22.7 Å². The predicted molar refractivity (Wildman–Crippen MR) is 186 cm³/mol. The largest absolute Gasteiger partial charge is 0.494 e. The number of carbonyl (C=O) groups is 2. The fourth-order valence-corrected chi connectivity index (χ4v) is 7.03. The third-order valence-electron chi connectivity index (χ3n) is 7.13. The molecule has 0 aliphatic carbocycles. The van der Waals surface area contributed by atoms with E-state index in [1.165, 1.54) is 17.0 Å². The summed E-state index contributed by atoms with van der Waals surface area (Å²) < 4.78 is 35.6. The summed E-state index contributed by atoms with van der Waals surface area (Å²) in [6.45, 7) is 3.64. The molecule has 46 heavy (non-hydrogen) atoms. The zero-order valence-corrected chi connectivity index (χ0v) is 29.2. The molecule has 1 atom stereocenters. The summed E-state index contributed by atoms with van der Waals surface area (Å²) in [5, 5.41) is 3.45. The Morgan fingerprint density at radius 2 is 1.50 bits per heavy atom. The number of likely N-dealkylation sites (N-methyl/N-ethyl adjacent to an activating group) is 1. The van der Waals surface area contributed by atoms with Gasteiger partial charge in [0.15, 0.2) is 0 Å². The van der Waals surface area contributed by atoms with Crippen molar-refractivity contribution in [3.8, 4) is 5.75 Å². The van der Waals surface area contributed by atoms with Crippen molar-refractivity contribution in [1.29, 1.82) is 0 Å². The van der Waals surface area contributed by atoms with Crippen LogP contribution in [0.3, 0.4) is 0 Å². The zero-order valence-electron chi connectivity index (χ0n) is 25.3. The van der Waals surface area contributed by atoms with E-state index in [0.29, 0.717) is 39.0 Å². The van der Waals surface area contributed by atoms with Crippen molar-refractivity contribution in [3.05, 3.63) is 123 Å². The highest BCUT2D eigenvalue weighted by Gasteiger charge is 2.35. The molecule has 0 unspecified atom stereocenters. The molecule has 0 bridgehead atoms. The first-order valence-electron chi connectivity index (χ1n) is 14.6. The van der Waals surface area contributed by atoms with Gasteiger partial charge in [-0.3, -0.25) is 13.9 Å². The maximum Gasteiger partial charge on any atom is 0.264 e. The molecule has 2 amide bonds. The number of ether oxygens (including phenoxy) is 1. The first kappa shape index (κ1) is 35.3. The van der Waals surface area contributed by atoms with Gasteiger partial charge in [0, 0.05) is 39.6 Å². The first-order valence-corrected chi connectivity index (χ1v) is 17.6. The fraction of sp³-hybridized carbons (Fsp3) is 0.235. The van der Waals surface area contributed by atoms with E-state index in [9.17, 15) is 18.0 Å². The van der Waals surface area contributed by atoms with E-state index in [1.807, 2.05) is 37.3 Å². The summed E-state index contributed by atoms with van der Waals surface area (Å²) in [7, 11) is -4.26. The van der Waals surface area contributed by atoms with Crippen molar-refractivity contribution in [3.63, 3.8) is 0 Å². The lowest BCUT2D eigenvalue weighted by atomic mass is 10.0. The summed E-state index contributed by atoms with van der Waals surface area (Å²) in [5.74, 6) is -0.475. The Hall–Kier alpha value is -3.57. The van der Waals surface area contributed by atoms with Gasteiger partial charge in [-0.15, -0.1) is 0 Å². The molecule has 0 aromatic heterocycles. The summed E-state index contributed by atoms with van der Waals surface area (Å²) in [6, 6.07) is 25.8. The number of sulfonamides is 1.